The molecule has 0 amide bonds. The molecule has 2 heterocycles. The highest BCUT2D eigenvalue weighted by Gasteiger charge is 2.09. The van der Waals surface area contributed by atoms with Crippen LogP contribution >= 0.6 is 12.2 Å². The molecule has 0 aliphatic heterocycles. The van der Waals surface area contributed by atoms with Crippen molar-refractivity contribution in [3.8, 4) is 5.75 Å². The van der Waals surface area contributed by atoms with E-state index in [-0.39, 0.29) is 0 Å². The number of nitrogens with zero attached hydrogens (tertiary/aromatic N) is 3. The van der Waals surface area contributed by atoms with Crippen molar-refractivity contribution >= 4 is 23.3 Å². The molecule has 0 spiro atoms. The van der Waals surface area contributed by atoms with Gasteiger partial charge in [-0.1, -0.05) is 11.2 Å². The van der Waals surface area contributed by atoms with E-state index in [2.05, 4.69) is 15.1 Å². The third-order valence-electron chi connectivity index (χ3n) is 3.04. The second-order valence-electron chi connectivity index (χ2n) is 4.26. The smallest absolute Gasteiger partial charge is 0.213 e. The molecule has 0 aliphatic carbocycles. The van der Waals surface area contributed by atoms with Crippen LogP contribution in [0.4, 0.5) is 0 Å². The number of aromatic nitrogens is 4. The van der Waals surface area contributed by atoms with Crippen LogP contribution in [0.15, 0.2) is 29.1 Å². The van der Waals surface area contributed by atoms with Crippen molar-refractivity contribution in [1.29, 1.82) is 0 Å². The third-order valence-corrected chi connectivity index (χ3v) is 3.36. The minimum Gasteiger partial charge on any atom is -0.492 e. The number of aryl methyl sites for hydroxylation is 2. The van der Waals surface area contributed by atoms with Gasteiger partial charge in [0.2, 0.25) is 6.39 Å². The maximum Gasteiger partial charge on any atom is 0.213 e. The van der Waals surface area contributed by atoms with Crippen LogP contribution < -0.4 is 4.74 Å². The molecule has 2 aromatic heterocycles. The largest absolute Gasteiger partial charge is 0.492 e. The summed E-state index contributed by atoms with van der Waals surface area (Å²) in [6.07, 6.45) is 1.99. The Labute approximate surface area is 120 Å². The highest BCUT2D eigenvalue weighted by molar-refractivity contribution is 7.71. The molecule has 0 fully saturated rings. The van der Waals surface area contributed by atoms with Gasteiger partial charge in [-0.3, -0.25) is 0 Å². The average molecular weight is 290 g/mol. The van der Waals surface area contributed by atoms with Crippen LogP contribution in [-0.4, -0.2) is 26.3 Å². The maximum absolute atomic E-state index is 5.61. The summed E-state index contributed by atoms with van der Waals surface area (Å²) in [7, 11) is 0. The lowest BCUT2D eigenvalue weighted by atomic mass is 10.3. The van der Waals surface area contributed by atoms with Crippen molar-refractivity contribution in [1.82, 2.24) is 19.7 Å². The van der Waals surface area contributed by atoms with Crippen molar-refractivity contribution in [2.24, 2.45) is 0 Å². The second-order valence-corrected chi connectivity index (χ2v) is 4.65. The molecule has 0 atom stereocenters. The van der Waals surface area contributed by atoms with E-state index in [0.29, 0.717) is 30.2 Å². The number of para-hydroxylation sites is 1. The van der Waals surface area contributed by atoms with Gasteiger partial charge in [0.1, 0.15) is 11.3 Å². The van der Waals surface area contributed by atoms with Crippen molar-refractivity contribution in [2.45, 2.75) is 19.9 Å². The van der Waals surface area contributed by atoms with Crippen LogP contribution in [-0.2, 0) is 13.0 Å². The number of imidazole rings is 1. The average Bonchev–Trinajstić information content (AvgIpc) is 3.05. The lowest BCUT2D eigenvalue weighted by Gasteiger charge is -2.05. The van der Waals surface area contributed by atoms with Gasteiger partial charge in [-0.25, -0.2) is 0 Å². The van der Waals surface area contributed by atoms with Gasteiger partial charge in [-0.05, 0) is 31.3 Å². The van der Waals surface area contributed by atoms with E-state index in [9.17, 15) is 0 Å². The van der Waals surface area contributed by atoms with Crippen molar-refractivity contribution in [3.63, 3.8) is 0 Å². The summed E-state index contributed by atoms with van der Waals surface area (Å²) in [5, 5.41) is 3.80. The first-order valence-corrected chi connectivity index (χ1v) is 6.80. The molecule has 104 valence electrons. The lowest BCUT2D eigenvalue weighted by molar-refractivity contribution is 0.343. The SMILES string of the molecule is CCOc1cccc2c1[nH]c(=S)n2CCc1ncon1. The number of nitrogens with one attached hydrogen (secondary N) is 1. The monoisotopic (exact) mass is 290 g/mol. The summed E-state index contributed by atoms with van der Waals surface area (Å²) >= 11 is 5.38. The third kappa shape index (κ3) is 2.32. The first-order chi connectivity index (χ1) is 9.79. The standard InChI is InChI=1S/C13H14N4O2S/c1-2-18-10-5-3-4-9-12(10)15-13(20)17(9)7-6-11-14-8-19-16-11/h3-5,8H,2,6-7H2,1H3,(H,15,20). The Hall–Kier alpha value is -2.15. The van der Waals surface area contributed by atoms with Crippen molar-refractivity contribution in [3.05, 3.63) is 35.2 Å². The van der Waals surface area contributed by atoms with Gasteiger partial charge >= 0.3 is 0 Å². The van der Waals surface area contributed by atoms with E-state index >= 15 is 0 Å². The predicted octanol–water partition coefficient (Wildman–Crippen LogP) is 2.72. The summed E-state index contributed by atoms with van der Waals surface area (Å²) in [5.74, 6) is 1.48. The maximum atomic E-state index is 5.61. The molecule has 1 N–H and O–H groups in total. The van der Waals surface area contributed by atoms with E-state index in [1.165, 1.54) is 6.39 Å². The zero-order valence-corrected chi connectivity index (χ0v) is 11.8. The number of aromatic amines is 1. The zero-order chi connectivity index (χ0) is 13.9. The van der Waals surface area contributed by atoms with E-state index in [1.54, 1.807) is 0 Å². The quantitative estimate of drug-likeness (QED) is 0.732. The molecule has 7 heteroatoms. The van der Waals surface area contributed by atoms with Gasteiger partial charge in [-0.15, -0.1) is 0 Å². The number of hydrogen-bond donors (Lipinski definition) is 1. The topological polar surface area (TPSA) is 68.9 Å². The Morgan fingerprint density at radius 3 is 3.10 bits per heavy atom. The van der Waals surface area contributed by atoms with Crippen molar-refractivity contribution < 1.29 is 9.26 Å². The first-order valence-electron chi connectivity index (χ1n) is 6.39. The number of H-pyrrole nitrogens is 1. The fourth-order valence-electron chi connectivity index (χ4n) is 2.17. The molecule has 0 unspecified atom stereocenters. The number of ether oxygens (including phenoxy) is 1. The number of benzene rings is 1. The molecular weight excluding hydrogens is 276 g/mol. The highest BCUT2D eigenvalue weighted by Crippen LogP contribution is 2.25. The van der Waals surface area contributed by atoms with Gasteiger partial charge in [0.15, 0.2) is 10.6 Å². The molecule has 0 radical (unpaired) electrons. The van der Waals surface area contributed by atoms with Gasteiger partial charge in [0.05, 0.1) is 12.1 Å². The van der Waals surface area contributed by atoms with E-state index in [0.717, 1.165) is 16.8 Å². The molecule has 0 saturated carbocycles. The Kier molecular flexibility index (Phi) is 3.51. The molecule has 3 rings (SSSR count). The van der Waals surface area contributed by atoms with Gasteiger partial charge < -0.3 is 18.8 Å². The molecule has 6 nitrogen and oxygen atoms in total. The van der Waals surface area contributed by atoms with E-state index < -0.39 is 0 Å². The summed E-state index contributed by atoms with van der Waals surface area (Å²) < 4.78 is 13.0. The predicted molar refractivity (Wildman–Crippen MR) is 76.3 cm³/mol. The fourth-order valence-corrected chi connectivity index (χ4v) is 2.46. The number of rotatable bonds is 5. The molecular formula is C13H14N4O2S. The van der Waals surface area contributed by atoms with E-state index in [4.69, 9.17) is 21.5 Å². The van der Waals surface area contributed by atoms with Crippen LogP contribution in [0.1, 0.15) is 12.7 Å². The van der Waals surface area contributed by atoms with Crippen LogP contribution in [0, 0.1) is 4.77 Å². The van der Waals surface area contributed by atoms with Gasteiger partial charge in [0.25, 0.3) is 0 Å². The summed E-state index contributed by atoms with van der Waals surface area (Å²) in [5.41, 5.74) is 1.94. The highest BCUT2D eigenvalue weighted by atomic mass is 32.1. The van der Waals surface area contributed by atoms with Crippen LogP contribution in [0.25, 0.3) is 11.0 Å². The zero-order valence-electron chi connectivity index (χ0n) is 11.0. The number of hydrogen-bond acceptors (Lipinski definition) is 5. The van der Waals surface area contributed by atoms with E-state index in [1.807, 2.05) is 29.7 Å². The molecule has 1 aromatic carbocycles. The Bertz CT molecular complexity index is 760. The summed E-state index contributed by atoms with van der Waals surface area (Å²) in [6, 6.07) is 5.90. The first kappa shape index (κ1) is 12.9. The second kappa shape index (κ2) is 5.46. The summed E-state index contributed by atoms with van der Waals surface area (Å²) in [6.45, 7) is 3.27. The van der Waals surface area contributed by atoms with Gasteiger partial charge in [-0.2, -0.15) is 4.98 Å². The molecule has 20 heavy (non-hydrogen) atoms. The lowest BCUT2D eigenvalue weighted by Crippen LogP contribution is -2.02. The van der Waals surface area contributed by atoms with Gasteiger partial charge in [0, 0.05) is 13.0 Å². The van der Waals surface area contributed by atoms with Crippen molar-refractivity contribution in [2.75, 3.05) is 6.61 Å². The van der Waals surface area contributed by atoms with Crippen LogP contribution in [0.2, 0.25) is 0 Å². The molecule has 0 saturated heterocycles. The van der Waals surface area contributed by atoms with Crippen LogP contribution in [0.3, 0.4) is 0 Å². The summed E-state index contributed by atoms with van der Waals surface area (Å²) in [4.78, 5) is 7.21. The Morgan fingerprint density at radius 2 is 2.35 bits per heavy atom. The minimum atomic E-state index is 0.619. The van der Waals surface area contributed by atoms with Crippen LogP contribution in [0.5, 0.6) is 5.75 Å². The Morgan fingerprint density at radius 1 is 1.45 bits per heavy atom. The minimum absolute atomic E-state index is 0.619. The number of fused-ring (bicyclic) bond motifs is 1. The molecule has 0 aliphatic rings. The fraction of sp³-hybridized carbons (Fsp3) is 0.308. The Balaban J connectivity index is 1.96. The molecule has 3 aromatic rings. The normalized spacial score (nSPS) is 11.1. The molecule has 0 bridgehead atoms.